The number of nitrogens with two attached hydrogens (primary N) is 1. The van der Waals surface area contributed by atoms with Gasteiger partial charge in [0.15, 0.2) is 0 Å². The molecule has 0 fully saturated rings. The Morgan fingerprint density at radius 1 is 1.18 bits per heavy atom. The third kappa shape index (κ3) is 8.83. The molecule has 0 amide bonds. The van der Waals surface area contributed by atoms with Crippen molar-refractivity contribution in [3.8, 4) is 0 Å². The number of nitrogens with one attached hydrogen (secondary N) is 2. The Morgan fingerprint density at radius 3 is 2.76 bits per heavy atom. The molecular formula is C34H44N4. The van der Waals surface area contributed by atoms with Crippen LogP contribution in [0.4, 0.5) is 0 Å². The van der Waals surface area contributed by atoms with Crippen LogP contribution in [0.3, 0.4) is 0 Å². The van der Waals surface area contributed by atoms with E-state index in [1.165, 1.54) is 22.3 Å². The zero-order valence-corrected chi connectivity index (χ0v) is 23.0. The standard InChI is InChI=1S/C34H44N4/c1-4-11-28(15-14-27-20-23-37-24-21-27)29-18-19-33-30(25-29)16-17-31(26-35)34(33)38-32(12-5-2)13-9-7-6-8-10-22-36-3/h4,6-11,13-23,29,31-32,34,37-38H,1,5,12,24-26,35H2,2-3H3/b7-6+,10-8+,13-9-,15-14+,28-11+,36-22-. The van der Waals surface area contributed by atoms with Crippen LogP contribution >= 0.6 is 0 Å². The Balaban J connectivity index is 1.75. The first-order valence-corrected chi connectivity index (χ1v) is 13.8. The molecule has 1 aliphatic heterocycles. The van der Waals surface area contributed by atoms with Crippen LogP contribution in [0.1, 0.15) is 26.2 Å². The van der Waals surface area contributed by atoms with Crippen molar-refractivity contribution in [2.45, 2.75) is 38.3 Å². The molecule has 4 nitrogen and oxygen atoms in total. The fraction of sp³-hybridized carbons (Fsp3) is 0.324. The van der Waals surface area contributed by atoms with Crippen LogP contribution in [-0.4, -0.2) is 38.4 Å². The first kappa shape index (κ1) is 29.1. The third-order valence-electron chi connectivity index (χ3n) is 6.97. The van der Waals surface area contributed by atoms with Gasteiger partial charge in [0.1, 0.15) is 0 Å². The Labute approximate surface area is 230 Å². The van der Waals surface area contributed by atoms with E-state index in [1.54, 1.807) is 13.3 Å². The number of allylic oxidation sites excluding steroid dienone is 15. The molecule has 4 atom stereocenters. The van der Waals surface area contributed by atoms with E-state index >= 15 is 0 Å². The average molecular weight is 509 g/mol. The molecule has 0 aromatic carbocycles. The van der Waals surface area contributed by atoms with Crippen LogP contribution in [0.2, 0.25) is 0 Å². The summed E-state index contributed by atoms with van der Waals surface area (Å²) in [6.07, 6.45) is 41.4. The minimum atomic E-state index is 0.204. The summed E-state index contributed by atoms with van der Waals surface area (Å²) in [4.78, 5) is 3.95. The molecule has 3 rings (SSSR count). The van der Waals surface area contributed by atoms with Crippen LogP contribution in [0.5, 0.6) is 0 Å². The summed E-state index contributed by atoms with van der Waals surface area (Å²) < 4.78 is 0. The number of hydrogen-bond acceptors (Lipinski definition) is 4. The van der Waals surface area contributed by atoms with E-state index in [1.807, 2.05) is 30.5 Å². The second-order valence-corrected chi connectivity index (χ2v) is 9.69. The molecule has 0 aromatic heterocycles. The van der Waals surface area contributed by atoms with Crippen LogP contribution < -0.4 is 16.4 Å². The number of aliphatic imine (C=N–C) groups is 1. The third-order valence-corrected chi connectivity index (χ3v) is 6.97. The molecule has 0 spiro atoms. The van der Waals surface area contributed by atoms with E-state index < -0.39 is 0 Å². The van der Waals surface area contributed by atoms with Crippen molar-refractivity contribution in [3.05, 3.63) is 132 Å². The lowest BCUT2D eigenvalue weighted by molar-refractivity contribution is 0.411. The molecule has 4 heteroatoms. The van der Waals surface area contributed by atoms with Gasteiger partial charge in [-0.05, 0) is 53.5 Å². The Hall–Kier alpha value is -3.47. The molecule has 0 saturated carbocycles. The van der Waals surface area contributed by atoms with Gasteiger partial charge in [-0.15, -0.1) is 0 Å². The molecule has 0 radical (unpaired) electrons. The first-order valence-electron chi connectivity index (χ1n) is 13.8. The van der Waals surface area contributed by atoms with Crippen LogP contribution in [0.15, 0.2) is 137 Å². The van der Waals surface area contributed by atoms with Crippen molar-refractivity contribution in [2.75, 3.05) is 20.1 Å². The maximum Gasteiger partial charge on any atom is 0.0403 e. The lowest BCUT2D eigenvalue weighted by atomic mass is 9.76. The fourth-order valence-corrected chi connectivity index (χ4v) is 4.98. The maximum atomic E-state index is 6.24. The van der Waals surface area contributed by atoms with E-state index in [9.17, 15) is 0 Å². The molecule has 4 N–H and O–H groups in total. The maximum absolute atomic E-state index is 6.24. The van der Waals surface area contributed by atoms with Gasteiger partial charge in [-0.25, -0.2) is 0 Å². The summed E-state index contributed by atoms with van der Waals surface area (Å²) in [7, 11) is 1.77. The van der Waals surface area contributed by atoms with E-state index in [0.29, 0.717) is 12.5 Å². The second-order valence-electron chi connectivity index (χ2n) is 9.69. The van der Waals surface area contributed by atoms with Gasteiger partial charge in [0, 0.05) is 50.3 Å². The Morgan fingerprint density at radius 2 is 2.03 bits per heavy atom. The van der Waals surface area contributed by atoms with Crippen LogP contribution in [-0.2, 0) is 0 Å². The number of rotatable bonds is 13. The van der Waals surface area contributed by atoms with E-state index in [4.69, 9.17) is 5.73 Å². The lowest BCUT2D eigenvalue weighted by Crippen LogP contribution is -2.46. The van der Waals surface area contributed by atoms with Gasteiger partial charge in [0.25, 0.3) is 0 Å². The highest BCUT2D eigenvalue weighted by molar-refractivity contribution is 5.71. The highest BCUT2D eigenvalue weighted by Gasteiger charge is 2.30. The number of dihydropyridines is 1. The van der Waals surface area contributed by atoms with Gasteiger partial charge in [-0.2, -0.15) is 0 Å². The summed E-state index contributed by atoms with van der Waals surface area (Å²) in [5.74, 6) is 0.590. The Bertz CT molecular complexity index is 1120. The first-order chi connectivity index (χ1) is 18.7. The summed E-state index contributed by atoms with van der Waals surface area (Å²) >= 11 is 0. The van der Waals surface area contributed by atoms with Gasteiger partial charge in [-0.1, -0.05) is 105 Å². The molecule has 0 bridgehead atoms. The van der Waals surface area contributed by atoms with Gasteiger partial charge in [-0.3, -0.25) is 4.99 Å². The van der Waals surface area contributed by atoms with Crippen LogP contribution in [0.25, 0.3) is 0 Å². The molecule has 4 unspecified atom stereocenters. The zero-order chi connectivity index (χ0) is 27.0. The topological polar surface area (TPSA) is 62.4 Å². The predicted molar refractivity (Wildman–Crippen MR) is 166 cm³/mol. The number of nitrogens with zero attached hydrogens (tertiary/aromatic N) is 1. The van der Waals surface area contributed by atoms with Crippen molar-refractivity contribution in [1.82, 2.24) is 10.6 Å². The summed E-state index contributed by atoms with van der Waals surface area (Å²) in [6.45, 7) is 7.69. The normalized spacial score (nSPS) is 24.8. The summed E-state index contributed by atoms with van der Waals surface area (Å²) in [6, 6.07) is 0.483. The van der Waals surface area contributed by atoms with Gasteiger partial charge >= 0.3 is 0 Å². The monoisotopic (exact) mass is 508 g/mol. The molecular weight excluding hydrogens is 464 g/mol. The second kappa shape index (κ2) is 16.4. The van der Waals surface area contributed by atoms with Gasteiger partial charge in [0.05, 0.1) is 0 Å². The minimum absolute atomic E-state index is 0.204. The van der Waals surface area contributed by atoms with Crippen molar-refractivity contribution in [3.63, 3.8) is 0 Å². The summed E-state index contributed by atoms with van der Waals surface area (Å²) in [5, 5.41) is 7.14. The predicted octanol–water partition coefficient (Wildman–Crippen LogP) is 6.21. The number of hydrogen-bond donors (Lipinski definition) is 3. The van der Waals surface area contributed by atoms with E-state index in [-0.39, 0.29) is 18.0 Å². The largest absolute Gasteiger partial charge is 0.387 e. The smallest absolute Gasteiger partial charge is 0.0403 e. The minimum Gasteiger partial charge on any atom is -0.387 e. The highest BCUT2D eigenvalue weighted by Crippen LogP contribution is 2.36. The van der Waals surface area contributed by atoms with Gasteiger partial charge < -0.3 is 16.4 Å². The molecule has 2 aliphatic carbocycles. The van der Waals surface area contributed by atoms with Gasteiger partial charge in [0.2, 0.25) is 0 Å². The molecule has 200 valence electrons. The van der Waals surface area contributed by atoms with Crippen LogP contribution in [0, 0.1) is 11.8 Å². The quantitative estimate of drug-likeness (QED) is 0.205. The van der Waals surface area contributed by atoms with Crippen molar-refractivity contribution >= 4 is 6.21 Å². The summed E-state index contributed by atoms with van der Waals surface area (Å²) in [5.41, 5.74) is 11.5. The molecule has 0 aromatic rings. The van der Waals surface area contributed by atoms with E-state index in [0.717, 1.165) is 25.8 Å². The zero-order valence-electron chi connectivity index (χ0n) is 23.0. The molecule has 38 heavy (non-hydrogen) atoms. The molecule has 1 heterocycles. The highest BCUT2D eigenvalue weighted by atomic mass is 15.0. The van der Waals surface area contributed by atoms with Crippen molar-refractivity contribution < 1.29 is 0 Å². The lowest BCUT2D eigenvalue weighted by Gasteiger charge is -2.36. The van der Waals surface area contributed by atoms with E-state index in [2.05, 4.69) is 102 Å². The van der Waals surface area contributed by atoms with Crippen molar-refractivity contribution in [2.24, 2.45) is 22.6 Å². The fourth-order valence-electron chi connectivity index (χ4n) is 4.98. The van der Waals surface area contributed by atoms with Crippen molar-refractivity contribution in [1.29, 1.82) is 0 Å². The molecule has 3 aliphatic rings. The SMILES string of the molecule is C=C/C=C(\C=C\C1=CCNC=C1)C1C=CC2=C(C=CC(CN)C2NC(\C=C/C=C/C=C/C=N\C)CCC)C1. The molecule has 0 saturated heterocycles. The average Bonchev–Trinajstić information content (AvgIpc) is 2.95. The Kier molecular flexibility index (Phi) is 12.5.